The first-order valence-corrected chi connectivity index (χ1v) is 7.86. The van der Waals surface area contributed by atoms with Gasteiger partial charge in [-0.05, 0) is 37.5 Å². The number of ether oxygens (including phenoxy) is 1. The Morgan fingerprint density at radius 3 is 2.48 bits per heavy atom. The average Bonchev–Trinajstić information content (AvgIpc) is 2.88. The van der Waals surface area contributed by atoms with Crippen LogP contribution in [-0.2, 0) is 14.8 Å². The number of carboxylic acids is 1. The first-order valence-electron chi connectivity index (χ1n) is 6.38. The van der Waals surface area contributed by atoms with Crippen LogP contribution in [0.1, 0.15) is 18.4 Å². The van der Waals surface area contributed by atoms with Crippen molar-refractivity contribution in [3.63, 3.8) is 0 Å². The summed E-state index contributed by atoms with van der Waals surface area (Å²) >= 11 is 0. The molecule has 0 heterocycles. The molecule has 0 atom stereocenters. The first kappa shape index (κ1) is 15.5. The molecule has 1 aliphatic carbocycles. The maximum Gasteiger partial charge on any atom is 0.325 e. The van der Waals surface area contributed by atoms with Crippen LogP contribution in [0.25, 0.3) is 0 Å². The Balaban J connectivity index is 2.43. The molecule has 6 nitrogen and oxygen atoms in total. The third-order valence-corrected chi connectivity index (χ3v) is 5.00. The number of methoxy groups -OCH3 is 1. The van der Waals surface area contributed by atoms with Crippen molar-refractivity contribution < 1.29 is 23.1 Å². The van der Waals surface area contributed by atoms with Gasteiger partial charge in [0.1, 0.15) is 16.2 Å². The minimum absolute atomic E-state index is 0.0578. The number of rotatable bonds is 5. The molecule has 7 heteroatoms. The SMILES string of the molecule is COc1ccc(C)cc1S(=O)(=O)NC1(C(=O)O)CC=CC1. The van der Waals surface area contributed by atoms with Gasteiger partial charge in [0, 0.05) is 0 Å². The van der Waals surface area contributed by atoms with Crippen LogP contribution in [0.5, 0.6) is 5.75 Å². The van der Waals surface area contributed by atoms with E-state index in [4.69, 9.17) is 4.74 Å². The summed E-state index contributed by atoms with van der Waals surface area (Å²) in [7, 11) is -2.64. The number of benzene rings is 1. The molecule has 0 bridgehead atoms. The van der Waals surface area contributed by atoms with E-state index in [-0.39, 0.29) is 23.5 Å². The molecule has 0 fully saturated rings. The second-order valence-corrected chi connectivity index (χ2v) is 6.68. The average molecular weight is 311 g/mol. The number of aliphatic carboxylic acids is 1. The van der Waals surface area contributed by atoms with Crippen molar-refractivity contribution >= 4 is 16.0 Å². The lowest BCUT2D eigenvalue weighted by Gasteiger charge is -2.25. The van der Waals surface area contributed by atoms with Gasteiger partial charge in [0.25, 0.3) is 0 Å². The smallest absolute Gasteiger partial charge is 0.325 e. The zero-order chi connectivity index (χ0) is 15.7. The van der Waals surface area contributed by atoms with E-state index in [9.17, 15) is 18.3 Å². The normalized spacial score (nSPS) is 16.9. The van der Waals surface area contributed by atoms with Crippen molar-refractivity contribution in [3.05, 3.63) is 35.9 Å². The van der Waals surface area contributed by atoms with E-state index in [1.165, 1.54) is 13.2 Å². The fourth-order valence-electron chi connectivity index (χ4n) is 2.26. The van der Waals surface area contributed by atoms with Crippen LogP contribution in [0.2, 0.25) is 0 Å². The van der Waals surface area contributed by atoms with Gasteiger partial charge in [0.05, 0.1) is 7.11 Å². The van der Waals surface area contributed by atoms with E-state index >= 15 is 0 Å². The highest BCUT2D eigenvalue weighted by Crippen LogP contribution is 2.30. The lowest BCUT2D eigenvalue weighted by Crippen LogP contribution is -2.52. The molecule has 2 rings (SSSR count). The molecule has 0 saturated heterocycles. The molecule has 21 heavy (non-hydrogen) atoms. The van der Waals surface area contributed by atoms with Crippen LogP contribution < -0.4 is 9.46 Å². The van der Waals surface area contributed by atoms with Gasteiger partial charge in [-0.15, -0.1) is 0 Å². The summed E-state index contributed by atoms with van der Waals surface area (Å²) < 4.78 is 32.5. The largest absolute Gasteiger partial charge is 0.495 e. The predicted octanol–water partition coefficient (Wildman–Crippen LogP) is 1.46. The Labute approximate surface area is 123 Å². The Kier molecular flexibility index (Phi) is 4.06. The number of carbonyl (C=O) groups is 1. The molecule has 0 radical (unpaired) electrons. The number of hydrogen-bond acceptors (Lipinski definition) is 4. The van der Waals surface area contributed by atoms with Crippen LogP contribution in [0.4, 0.5) is 0 Å². The molecule has 0 aromatic heterocycles. The summed E-state index contributed by atoms with van der Waals surface area (Å²) in [6.45, 7) is 1.75. The Morgan fingerprint density at radius 1 is 1.33 bits per heavy atom. The molecule has 2 N–H and O–H groups in total. The van der Waals surface area contributed by atoms with Crippen LogP contribution in [-0.4, -0.2) is 32.1 Å². The molecular formula is C14H17NO5S. The zero-order valence-electron chi connectivity index (χ0n) is 11.8. The van der Waals surface area contributed by atoms with E-state index in [0.717, 1.165) is 5.56 Å². The molecule has 1 aliphatic rings. The summed E-state index contributed by atoms with van der Waals surface area (Å²) in [6, 6.07) is 4.73. The van der Waals surface area contributed by atoms with Crippen molar-refractivity contribution in [2.24, 2.45) is 0 Å². The highest BCUT2D eigenvalue weighted by atomic mass is 32.2. The maximum absolute atomic E-state index is 12.5. The quantitative estimate of drug-likeness (QED) is 0.803. The fraction of sp³-hybridized carbons (Fsp3) is 0.357. The highest BCUT2D eigenvalue weighted by molar-refractivity contribution is 7.89. The van der Waals surface area contributed by atoms with Crippen molar-refractivity contribution in [1.29, 1.82) is 0 Å². The second-order valence-electron chi connectivity index (χ2n) is 5.03. The summed E-state index contributed by atoms with van der Waals surface area (Å²) in [5, 5.41) is 9.36. The van der Waals surface area contributed by atoms with Gasteiger partial charge in [-0.1, -0.05) is 18.2 Å². The van der Waals surface area contributed by atoms with Gasteiger partial charge in [-0.2, -0.15) is 4.72 Å². The standard InChI is InChI=1S/C14H17NO5S/c1-10-5-6-11(20-2)12(9-10)21(18,19)15-14(13(16)17)7-3-4-8-14/h3-6,9,15H,7-8H2,1-2H3,(H,16,17). The van der Waals surface area contributed by atoms with Crippen molar-refractivity contribution in [1.82, 2.24) is 4.72 Å². The molecule has 0 aliphatic heterocycles. The van der Waals surface area contributed by atoms with Crippen molar-refractivity contribution in [2.45, 2.75) is 30.2 Å². The molecular weight excluding hydrogens is 294 g/mol. The van der Waals surface area contributed by atoms with Crippen LogP contribution >= 0.6 is 0 Å². The van der Waals surface area contributed by atoms with Crippen LogP contribution in [0.3, 0.4) is 0 Å². The predicted molar refractivity (Wildman–Crippen MR) is 76.8 cm³/mol. The minimum Gasteiger partial charge on any atom is -0.495 e. The van der Waals surface area contributed by atoms with Gasteiger partial charge in [-0.25, -0.2) is 8.42 Å². The van der Waals surface area contributed by atoms with E-state index in [1.54, 1.807) is 31.2 Å². The molecule has 0 saturated carbocycles. The number of sulfonamides is 1. The molecule has 1 aromatic carbocycles. The van der Waals surface area contributed by atoms with Crippen LogP contribution in [0.15, 0.2) is 35.2 Å². The molecule has 0 amide bonds. The summed E-state index contributed by atoms with van der Waals surface area (Å²) in [4.78, 5) is 11.4. The Hall–Kier alpha value is -1.86. The molecule has 1 aromatic rings. The third kappa shape index (κ3) is 2.93. The first-order chi connectivity index (χ1) is 9.81. The van der Waals surface area contributed by atoms with E-state index in [2.05, 4.69) is 4.72 Å². The third-order valence-electron chi connectivity index (χ3n) is 3.45. The number of carboxylic acid groups (broad SMARTS) is 1. The molecule has 114 valence electrons. The monoisotopic (exact) mass is 311 g/mol. The van der Waals surface area contributed by atoms with Gasteiger partial charge in [-0.3, -0.25) is 4.79 Å². The maximum atomic E-state index is 12.5. The van der Waals surface area contributed by atoms with E-state index < -0.39 is 21.5 Å². The molecule has 0 spiro atoms. The number of aryl methyl sites for hydroxylation is 1. The van der Waals surface area contributed by atoms with Crippen molar-refractivity contribution in [3.8, 4) is 5.75 Å². The summed E-state index contributed by atoms with van der Waals surface area (Å²) in [6.07, 6.45) is 3.56. The van der Waals surface area contributed by atoms with Gasteiger partial charge >= 0.3 is 5.97 Å². The van der Waals surface area contributed by atoms with Gasteiger partial charge < -0.3 is 9.84 Å². The Bertz CT molecular complexity index is 685. The summed E-state index contributed by atoms with van der Waals surface area (Å²) in [5.41, 5.74) is -0.779. The highest BCUT2D eigenvalue weighted by Gasteiger charge is 2.43. The van der Waals surface area contributed by atoms with Crippen molar-refractivity contribution in [2.75, 3.05) is 7.11 Å². The zero-order valence-corrected chi connectivity index (χ0v) is 12.6. The van der Waals surface area contributed by atoms with Gasteiger partial charge in [0.15, 0.2) is 0 Å². The lowest BCUT2D eigenvalue weighted by atomic mass is 9.99. The Morgan fingerprint density at radius 2 is 1.95 bits per heavy atom. The minimum atomic E-state index is -4.01. The number of nitrogens with one attached hydrogen (secondary N) is 1. The van der Waals surface area contributed by atoms with Gasteiger partial charge in [0.2, 0.25) is 10.0 Å². The topological polar surface area (TPSA) is 92.7 Å². The van der Waals surface area contributed by atoms with E-state index in [1.807, 2.05) is 0 Å². The van der Waals surface area contributed by atoms with E-state index in [0.29, 0.717) is 0 Å². The number of hydrogen-bond donors (Lipinski definition) is 2. The van der Waals surface area contributed by atoms with Crippen LogP contribution in [0, 0.1) is 6.92 Å². The summed E-state index contributed by atoms with van der Waals surface area (Å²) in [5.74, 6) is -1.01. The second kappa shape index (κ2) is 5.50. The fourth-order valence-corrected chi connectivity index (χ4v) is 3.90. The molecule has 0 unspecified atom stereocenters. The lowest BCUT2D eigenvalue weighted by molar-refractivity contribution is -0.143.